The molecule has 144 valence electrons. The number of hydrogen-bond acceptors (Lipinski definition) is 6. The van der Waals surface area contributed by atoms with Gasteiger partial charge in [-0.05, 0) is 31.9 Å². The number of carbonyl (C=O) groups is 2. The number of nitrogens with one attached hydrogen (secondary N) is 1. The van der Waals surface area contributed by atoms with E-state index in [-0.39, 0.29) is 24.8 Å². The average molecular weight is 388 g/mol. The van der Waals surface area contributed by atoms with E-state index in [2.05, 4.69) is 29.4 Å². The number of fused-ring (bicyclic) bond motifs is 1. The number of benzene rings is 1. The van der Waals surface area contributed by atoms with Crippen molar-refractivity contribution < 1.29 is 14.3 Å². The van der Waals surface area contributed by atoms with Crippen molar-refractivity contribution in [3.05, 3.63) is 29.3 Å². The molecule has 2 amide bonds. The van der Waals surface area contributed by atoms with Gasteiger partial charge in [0.15, 0.2) is 6.10 Å². The minimum atomic E-state index is -0.561. The lowest BCUT2D eigenvalue weighted by Gasteiger charge is -2.32. The summed E-state index contributed by atoms with van der Waals surface area (Å²) in [5.41, 5.74) is 0.695. The number of aromatic nitrogens is 2. The van der Waals surface area contributed by atoms with Crippen LogP contribution in [0, 0.1) is 0 Å². The van der Waals surface area contributed by atoms with Gasteiger partial charge in [-0.1, -0.05) is 37.3 Å². The van der Waals surface area contributed by atoms with E-state index in [9.17, 15) is 9.59 Å². The molecule has 2 aromatic rings. The molecule has 27 heavy (non-hydrogen) atoms. The predicted octanol–water partition coefficient (Wildman–Crippen LogP) is 3.58. The summed E-state index contributed by atoms with van der Waals surface area (Å²) in [5, 5.41) is 12.5. The summed E-state index contributed by atoms with van der Waals surface area (Å²) in [6.45, 7) is 6.23. The van der Waals surface area contributed by atoms with Crippen LogP contribution in [0.2, 0.25) is 0 Å². The fourth-order valence-electron chi connectivity index (χ4n) is 3.07. The Morgan fingerprint density at radius 2 is 2.04 bits per heavy atom. The van der Waals surface area contributed by atoms with Crippen molar-refractivity contribution in [3.8, 4) is 5.75 Å². The zero-order chi connectivity index (χ0) is 19.4. The molecule has 1 atom stereocenters. The van der Waals surface area contributed by atoms with E-state index in [0.717, 1.165) is 17.8 Å². The summed E-state index contributed by atoms with van der Waals surface area (Å²) in [7, 11) is 0. The summed E-state index contributed by atoms with van der Waals surface area (Å²) in [5.74, 6) is 0.696. The van der Waals surface area contributed by atoms with Gasteiger partial charge in [0.2, 0.25) is 11.0 Å². The number of nitrogens with zero attached hydrogens (tertiary/aromatic N) is 3. The van der Waals surface area contributed by atoms with Crippen LogP contribution in [0.25, 0.3) is 0 Å². The maximum absolute atomic E-state index is 12.5. The van der Waals surface area contributed by atoms with Gasteiger partial charge >= 0.3 is 0 Å². The van der Waals surface area contributed by atoms with Crippen LogP contribution in [0.1, 0.15) is 51.0 Å². The van der Waals surface area contributed by atoms with Gasteiger partial charge in [-0.25, -0.2) is 0 Å². The van der Waals surface area contributed by atoms with Crippen LogP contribution in [-0.2, 0) is 9.59 Å². The maximum Gasteiger partial charge on any atom is 0.267 e. The molecule has 1 aromatic heterocycles. The molecular weight excluding hydrogens is 364 g/mol. The van der Waals surface area contributed by atoms with Gasteiger partial charge in [0.05, 0.1) is 5.69 Å². The molecule has 2 heterocycles. The molecule has 3 rings (SSSR count). The number of amides is 2. The van der Waals surface area contributed by atoms with Gasteiger partial charge in [-0.15, -0.1) is 10.2 Å². The summed E-state index contributed by atoms with van der Waals surface area (Å²) in [4.78, 5) is 26.4. The van der Waals surface area contributed by atoms with E-state index in [0.29, 0.717) is 22.5 Å². The zero-order valence-corrected chi connectivity index (χ0v) is 16.6. The van der Waals surface area contributed by atoms with Crippen molar-refractivity contribution in [1.29, 1.82) is 0 Å². The van der Waals surface area contributed by atoms with Crippen LogP contribution in [-0.4, -0.2) is 34.7 Å². The normalized spacial score (nSPS) is 16.2. The minimum Gasteiger partial charge on any atom is -0.479 e. The number of ether oxygens (including phenoxy) is 1. The molecule has 1 aromatic carbocycles. The molecule has 0 saturated carbocycles. The SMILES string of the molecule is CCC(CC)c1nnc(NC(=O)CCN2C(=O)[C@@H](C)Oc3ccccc32)s1. The monoisotopic (exact) mass is 388 g/mol. The molecule has 7 nitrogen and oxygen atoms in total. The summed E-state index contributed by atoms with van der Waals surface area (Å²) < 4.78 is 5.61. The first-order valence-corrected chi connectivity index (χ1v) is 10.0. The quantitative estimate of drug-likeness (QED) is 0.784. The van der Waals surface area contributed by atoms with Crippen molar-refractivity contribution in [2.45, 2.75) is 52.1 Å². The Bertz CT molecular complexity index is 819. The third-order valence-electron chi connectivity index (χ3n) is 4.66. The van der Waals surface area contributed by atoms with Gasteiger partial charge in [0.1, 0.15) is 10.8 Å². The Balaban J connectivity index is 1.62. The van der Waals surface area contributed by atoms with Gasteiger partial charge in [0, 0.05) is 18.9 Å². The molecule has 1 aliphatic rings. The standard InChI is InChI=1S/C19H24N4O3S/c1-4-13(5-2)17-21-22-19(27-17)20-16(24)10-11-23-14-8-6-7-9-15(14)26-12(3)18(23)25/h6-9,12-13H,4-5,10-11H2,1-3H3,(H,20,22,24)/t12-/m1/s1. The summed E-state index contributed by atoms with van der Waals surface area (Å²) in [6, 6.07) is 7.36. The van der Waals surface area contributed by atoms with Gasteiger partial charge in [0.25, 0.3) is 5.91 Å². The smallest absolute Gasteiger partial charge is 0.267 e. The van der Waals surface area contributed by atoms with Crippen LogP contribution in [0.4, 0.5) is 10.8 Å². The Kier molecular flexibility index (Phi) is 6.05. The highest BCUT2D eigenvalue weighted by Gasteiger charge is 2.31. The lowest BCUT2D eigenvalue weighted by Crippen LogP contribution is -2.45. The second-order valence-electron chi connectivity index (χ2n) is 6.47. The molecule has 0 fully saturated rings. The van der Waals surface area contributed by atoms with E-state index < -0.39 is 6.10 Å². The van der Waals surface area contributed by atoms with Crippen molar-refractivity contribution >= 4 is 34.0 Å². The van der Waals surface area contributed by atoms with Crippen LogP contribution >= 0.6 is 11.3 Å². The molecule has 0 unspecified atom stereocenters. The Labute approximate surface area is 162 Å². The zero-order valence-electron chi connectivity index (χ0n) is 15.8. The first-order chi connectivity index (χ1) is 13.0. The highest BCUT2D eigenvalue weighted by atomic mass is 32.1. The van der Waals surface area contributed by atoms with Gasteiger partial charge < -0.3 is 15.0 Å². The molecule has 0 aliphatic carbocycles. The number of rotatable bonds is 7. The van der Waals surface area contributed by atoms with Crippen LogP contribution in [0.15, 0.2) is 24.3 Å². The Hall–Kier alpha value is -2.48. The van der Waals surface area contributed by atoms with Crippen LogP contribution in [0.5, 0.6) is 5.75 Å². The number of carbonyl (C=O) groups excluding carboxylic acids is 2. The number of hydrogen-bond donors (Lipinski definition) is 1. The predicted molar refractivity (Wildman–Crippen MR) is 105 cm³/mol. The van der Waals surface area contributed by atoms with Crippen molar-refractivity contribution in [2.75, 3.05) is 16.8 Å². The van der Waals surface area contributed by atoms with Gasteiger partial charge in [-0.2, -0.15) is 0 Å². The van der Waals surface area contributed by atoms with Crippen LogP contribution < -0.4 is 15.0 Å². The van der Waals surface area contributed by atoms with Crippen molar-refractivity contribution in [1.82, 2.24) is 10.2 Å². The number of para-hydroxylation sites is 2. The number of anilines is 2. The fourth-order valence-corrected chi connectivity index (χ4v) is 4.10. The molecule has 0 spiro atoms. The third kappa shape index (κ3) is 4.27. The van der Waals surface area contributed by atoms with E-state index in [1.54, 1.807) is 11.8 Å². The first kappa shape index (κ1) is 19.3. The van der Waals surface area contributed by atoms with Crippen molar-refractivity contribution in [2.24, 2.45) is 0 Å². The molecule has 0 radical (unpaired) electrons. The molecule has 8 heteroatoms. The van der Waals surface area contributed by atoms with E-state index in [1.807, 2.05) is 24.3 Å². The molecule has 0 saturated heterocycles. The molecular formula is C19H24N4O3S. The lowest BCUT2D eigenvalue weighted by molar-refractivity contribution is -0.125. The fraction of sp³-hybridized carbons (Fsp3) is 0.474. The van der Waals surface area contributed by atoms with Crippen LogP contribution in [0.3, 0.4) is 0 Å². The van der Waals surface area contributed by atoms with Crippen molar-refractivity contribution in [3.63, 3.8) is 0 Å². The minimum absolute atomic E-state index is 0.145. The van der Waals surface area contributed by atoms with E-state index in [4.69, 9.17) is 4.74 Å². The lowest BCUT2D eigenvalue weighted by atomic mass is 10.1. The Morgan fingerprint density at radius 1 is 1.30 bits per heavy atom. The summed E-state index contributed by atoms with van der Waals surface area (Å²) >= 11 is 1.41. The van der Waals surface area contributed by atoms with E-state index in [1.165, 1.54) is 11.3 Å². The largest absolute Gasteiger partial charge is 0.479 e. The van der Waals surface area contributed by atoms with E-state index >= 15 is 0 Å². The average Bonchev–Trinajstić information content (AvgIpc) is 3.11. The molecule has 0 bridgehead atoms. The third-order valence-corrected chi connectivity index (χ3v) is 5.66. The second kappa shape index (κ2) is 8.47. The van der Waals surface area contributed by atoms with Gasteiger partial charge in [-0.3, -0.25) is 9.59 Å². The highest BCUT2D eigenvalue weighted by Crippen LogP contribution is 2.33. The molecule has 1 aliphatic heterocycles. The second-order valence-corrected chi connectivity index (χ2v) is 7.48. The Morgan fingerprint density at radius 3 is 2.78 bits per heavy atom. The summed E-state index contributed by atoms with van der Waals surface area (Å²) in [6.07, 6.45) is 1.60. The highest BCUT2D eigenvalue weighted by molar-refractivity contribution is 7.15. The first-order valence-electron chi connectivity index (χ1n) is 9.23. The topological polar surface area (TPSA) is 84.4 Å². The maximum atomic E-state index is 12.5. The molecule has 1 N–H and O–H groups in total.